The van der Waals surface area contributed by atoms with E-state index in [0.29, 0.717) is 46.4 Å². The second-order valence-electron chi connectivity index (χ2n) is 15.4. The predicted molar refractivity (Wildman–Crippen MR) is 130 cm³/mol. The van der Waals surface area contributed by atoms with Crippen LogP contribution in [0.4, 0.5) is 0 Å². The van der Waals surface area contributed by atoms with E-state index in [2.05, 4.69) is 54.5 Å². The molecule has 9 atom stereocenters. The quantitative estimate of drug-likeness (QED) is 0.347. The van der Waals surface area contributed by atoms with E-state index in [-0.39, 0.29) is 10.8 Å². The lowest BCUT2D eigenvalue weighted by atomic mass is 9.34. The van der Waals surface area contributed by atoms with Crippen LogP contribution in [-0.4, -0.2) is 23.9 Å². The number of aliphatic hydroxyl groups excluding tert-OH is 1. The van der Waals surface area contributed by atoms with E-state index in [1.54, 1.807) is 5.57 Å². The van der Waals surface area contributed by atoms with Crippen LogP contribution in [0.15, 0.2) is 11.6 Å². The summed E-state index contributed by atoms with van der Waals surface area (Å²) in [4.78, 5) is 0. The molecule has 1 aliphatic heterocycles. The van der Waals surface area contributed by atoms with Crippen LogP contribution in [0.1, 0.15) is 106 Å². The Morgan fingerprint density at radius 1 is 0.906 bits per heavy atom. The first-order chi connectivity index (χ1) is 14.8. The van der Waals surface area contributed by atoms with Gasteiger partial charge in [0.05, 0.1) is 12.2 Å². The molecule has 0 spiro atoms. The first kappa shape index (κ1) is 22.1. The average Bonchev–Trinajstić information content (AvgIpc) is 3.48. The van der Waals surface area contributed by atoms with Crippen molar-refractivity contribution in [3.63, 3.8) is 0 Å². The zero-order valence-electron chi connectivity index (χ0n) is 21.9. The maximum Gasteiger partial charge on any atom is 0.0895 e. The molecule has 0 bridgehead atoms. The lowest BCUT2D eigenvalue weighted by Crippen LogP contribution is -2.64. The average molecular weight is 441 g/mol. The molecular formula is C30H48O2. The third-order valence-corrected chi connectivity index (χ3v) is 13.2. The summed E-state index contributed by atoms with van der Waals surface area (Å²) in [6.45, 7) is 18.3. The zero-order valence-corrected chi connectivity index (χ0v) is 21.9. The molecule has 0 aromatic heterocycles. The molecule has 1 N–H and O–H groups in total. The van der Waals surface area contributed by atoms with Gasteiger partial charge >= 0.3 is 0 Å². The highest BCUT2D eigenvalue weighted by atomic mass is 16.6. The molecule has 6 rings (SSSR count). The van der Waals surface area contributed by atoms with E-state index in [0.717, 1.165) is 11.8 Å². The minimum absolute atomic E-state index is 0.146. The van der Waals surface area contributed by atoms with Crippen LogP contribution in [-0.2, 0) is 4.74 Å². The molecule has 2 nitrogen and oxygen atoms in total. The molecule has 4 saturated carbocycles. The van der Waals surface area contributed by atoms with Gasteiger partial charge < -0.3 is 9.84 Å². The number of ether oxygens (including phenoxy) is 1. The standard InChI is InChI=1S/C30H48O2/c1-25(2)12-14-30(18-31)15-13-28(6)19(20(30)16-25)8-9-23-27(5)17-21-24(32-21)26(3,4)22(27)10-11-29(23,28)7/h8,20-24,31H,9-18H2,1-7H3/t20-,21-,22-,23+,24-,27-,28+,29+,30+/m0/s1. The summed E-state index contributed by atoms with van der Waals surface area (Å²) < 4.78 is 6.27. The van der Waals surface area contributed by atoms with Gasteiger partial charge in [-0.2, -0.15) is 0 Å². The van der Waals surface area contributed by atoms with Crippen molar-refractivity contribution < 1.29 is 9.84 Å². The minimum Gasteiger partial charge on any atom is -0.396 e. The fourth-order valence-corrected chi connectivity index (χ4v) is 11.1. The van der Waals surface area contributed by atoms with Crippen LogP contribution in [0, 0.1) is 50.2 Å². The van der Waals surface area contributed by atoms with Gasteiger partial charge in [-0.25, -0.2) is 0 Å². The third kappa shape index (κ3) is 2.50. The van der Waals surface area contributed by atoms with Crippen molar-refractivity contribution in [2.24, 2.45) is 50.2 Å². The van der Waals surface area contributed by atoms with Crippen LogP contribution in [0.25, 0.3) is 0 Å². The van der Waals surface area contributed by atoms with Gasteiger partial charge in [-0.15, -0.1) is 0 Å². The molecule has 1 heterocycles. The van der Waals surface area contributed by atoms with Gasteiger partial charge in [0.2, 0.25) is 0 Å². The molecule has 6 aliphatic rings. The lowest BCUT2D eigenvalue weighted by Gasteiger charge is -2.70. The van der Waals surface area contributed by atoms with Crippen LogP contribution >= 0.6 is 0 Å². The minimum atomic E-state index is 0.146. The Morgan fingerprint density at radius 2 is 1.62 bits per heavy atom. The van der Waals surface area contributed by atoms with Gasteiger partial charge in [-0.1, -0.05) is 60.1 Å². The summed E-state index contributed by atoms with van der Waals surface area (Å²) in [5.41, 5.74) is 3.66. The number of hydrogen-bond acceptors (Lipinski definition) is 2. The van der Waals surface area contributed by atoms with E-state index in [4.69, 9.17) is 4.74 Å². The molecule has 0 aromatic carbocycles. The number of fused-ring (bicyclic) bond motifs is 8. The van der Waals surface area contributed by atoms with E-state index in [1.165, 1.54) is 57.8 Å². The number of allylic oxidation sites excluding steroid dienone is 2. The summed E-state index contributed by atoms with van der Waals surface area (Å²) in [5.74, 6) is 2.12. The van der Waals surface area contributed by atoms with Gasteiger partial charge in [-0.05, 0) is 103 Å². The normalized spacial score (nSPS) is 57.1. The molecule has 0 radical (unpaired) electrons. The van der Waals surface area contributed by atoms with E-state index in [9.17, 15) is 5.11 Å². The zero-order chi connectivity index (χ0) is 22.9. The van der Waals surface area contributed by atoms with Gasteiger partial charge in [0.1, 0.15) is 0 Å². The van der Waals surface area contributed by atoms with E-state index < -0.39 is 0 Å². The highest BCUT2D eigenvalue weighted by Crippen LogP contribution is 2.76. The first-order valence-electron chi connectivity index (χ1n) is 13.8. The number of aliphatic hydroxyl groups is 1. The van der Waals surface area contributed by atoms with Crippen molar-refractivity contribution in [1.82, 2.24) is 0 Å². The van der Waals surface area contributed by atoms with Crippen molar-refractivity contribution in [3.05, 3.63) is 11.6 Å². The Labute approximate surface area is 197 Å². The van der Waals surface area contributed by atoms with E-state index >= 15 is 0 Å². The summed E-state index contributed by atoms with van der Waals surface area (Å²) in [6.07, 6.45) is 15.3. The summed E-state index contributed by atoms with van der Waals surface area (Å²) in [6, 6.07) is 0. The molecule has 0 amide bonds. The van der Waals surface area contributed by atoms with Crippen molar-refractivity contribution in [1.29, 1.82) is 0 Å². The maximum atomic E-state index is 10.7. The molecule has 1 saturated heterocycles. The number of epoxide rings is 1. The van der Waals surface area contributed by atoms with Gasteiger partial charge in [0.25, 0.3) is 0 Å². The topological polar surface area (TPSA) is 32.8 Å². The Hall–Kier alpha value is -0.340. The van der Waals surface area contributed by atoms with Crippen molar-refractivity contribution in [2.75, 3.05) is 6.61 Å². The van der Waals surface area contributed by atoms with Crippen LogP contribution in [0.3, 0.4) is 0 Å². The maximum absolute atomic E-state index is 10.7. The predicted octanol–water partition coefficient (Wildman–Crippen LogP) is 7.16. The molecule has 0 aromatic rings. The Balaban J connectivity index is 1.43. The molecule has 180 valence electrons. The van der Waals surface area contributed by atoms with Gasteiger partial charge in [0.15, 0.2) is 0 Å². The van der Waals surface area contributed by atoms with Gasteiger partial charge in [-0.3, -0.25) is 0 Å². The lowest BCUT2D eigenvalue weighted by molar-refractivity contribution is -0.177. The monoisotopic (exact) mass is 440 g/mol. The van der Waals surface area contributed by atoms with Gasteiger partial charge in [0, 0.05) is 12.0 Å². The number of hydrogen-bond donors (Lipinski definition) is 1. The highest BCUT2D eigenvalue weighted by Gasteiger charge is 2.72. The van der Waals surface area contributed by atoms with Crippen molar-refractivity contribution in [2.45, 2.75) is 118 Å². The van der Waals surface area contributed by atoms with E-state index in [1.807, 2.05) is 0 Å². The second-order valence-corrected chi connectivity index (χ2v) is 15.4. The largest absolute Gasteiger partial charge is 0.396 e. The van der Waals surface area contributed by atoms with Crippen molar-refractivity contribution in [3.8, 4) is 0 Å². The first-order valence-corrected chi connectivity index (χ1v) is 13.8. The fourth-order valence-electron chi connectivity index (χ4n) is 11.1. The molecule has 5 fully saturated rings. The Bertz CT molecular complexity index is 855. The molecule has 5 aliphatic carbocycles. The summed E-state index contributed by atoms with van der Waals surface area (Å²) in [5, 5.41) is 10.7. The van der Waals surface area contributed by atoms with Crippen molar-refractivity contribution >= 4 is 0 Å². The highest BCUT2D eigenvalue weighted by molar-refractivity contribution is 5.34. The molecule has 32 heavy (non-hydrogen) atoms. The molecule has 2 heteroatoms. The summed E-state index contributed by atoms with van der Waals surface area (Å²) >= 11 is 0. The van der Waals surface area contributed by atoms with Crippen LogP contribution in [0.5, 0.6) is 0 Å². The summed E-state index contributed by atoms with van der Waals surface area (Å²) in [7, 11) is 0. The second kappa shape index (κ2) is 6.26. The Morgan fingerprint density at radius 3 is 2.34 bits per heavy atom. The smallest absolute Gasteiger partial charge is 0.0895 e. The molecular weight excluding hydrogens is 392 g/mol. The molecule has 0 unspecified atom stereocenters. The van der Waals surface area contributed by atoms with Crippen LogP contribution < -0.4 is 0 Å². The SMILES string of the molecule is CC1(C)CC[C@]2(CO)CC[C@]3(C)C(=CC[C@@H]4[C@@]5(C)C[C@@H]6O[C@@H]6C(C)(C)[C@@H]5CC[C@]43C)[C@@H]2C1. The fraction of sp³-hybridized carbons (Fsp3) is 0.933. The number of rotatable bonds is 1. The van der Waals surface area contributed by atoms with Crippen LogP contribution in [0.2, 0.25) is 0 Å². The Kier molecular flexibility index (Phi) is 4.33. The third-order valence-electron chi connectivity index (χ3n) is 13.2.